The van der Waals surface area contributed by atoms with Gasteiger partial charge in [0.05, 0.1) is 4.92 Å². The van der Waals surface area contributed by atoms with E-state index in [1.807, 2.05) is 24.3 Å². The first-order valence-corrected chi connectivity index (χ1v) is 8.92. The molecule has 2 rings (SSSR count). The van der Waals surface area contributed by atoms with Gasteiger partial charge in [0, 0.05) is 29.0 Å². The number of benzene rings is 2. The Morgan fingerprint density at radius 1 is 1.33 bits per heavy atom. The number of nitro groups is 1. The van der Waals surface area contributed by atoms with E-state index in [-0.39, 0.29) is 22.0 Å². The van der Waals surface area contributed by atoms with Crippen molar-refractivity contribution >= 4 is 44.8 Å². The molecule has 1 amide bonds. The fourth-order valence-corrected chi connectivity index (χ4v) is 2.83. The first-order valence-electron chi connectivity index (χ1n) is 7.74. The van der Waals surface area contributed by atoms with Gasteiger partial charge in [0.2, 0.25) is 0 Å². The number of carbonyl (C=O) groups excluding carboxylic acids is 1. The van der Waals surface area contributed by atoms with Crippen LogP contribution in [0.5, 0.6) is 0 Å². The SMILES string of the molecule is N#C/C(=C/NCCc1ccccc1Br)C(=O)Nc1ccc(Cl)c([N+](=O)[O-])c1. The van der Waals surface area contributed by atoms with Gasteiger partial charge in [-0.15, -0.1) is 0 Å². The Morgan fingerprint density at radius 2 is 2.07 bits per heavy atom. The van der Waals surface area contributed by atoms with E-state index in [4.69, 9.17) is 16.9 Å². The summed E-state index contributed by atoms with van der Waals surface area (Å²) in [5.74, 6) is -0.678. The fraction of sp³-hybridized carbons (Fsp3) is 0.111. The van der Waals surface area contributed by atoms with E-state index in [2.05, 4.69) is 26.6 Å². The van der Waals surface area contributed by atoms with Crippen molar-refractivity contribution in [2.24, 2.45) is 0 Å². The Labute approximate surface area is 168 Å². The summed E-state index contributed by atoms with van der Waals surface area (Å²) in [6.45, 7) is 0.521. The monoisotopic (exact) mass is 448 g/mol. The molecule has 0 saturated carbocycles. The van der Waals surface area contributed by atoms with E-state index in [1.165, 1.54) is 18.3 Å². The van der Waals surface area contributed by atoms with Gasteiger partial charge in [0.25, 0.3) is 11.6 Å². The molecule has 0 aromatic heterocycles. The molecule has 2 aromatic carbocycles. The summed E-state index contributed by atoms with van der Waals surface area (Å²) in [6.07, 6.45) is 2.01. The zero-order chi connectivity index (χ0) is 19.8. The lowest BCUT2D eigenvalue weighted by Crippen LogP contribution is -2.18. The van der Waals surface area contributed by atoms with Crippen molar-refractivity contribution < 1.29 is 9.72 Å². The van der Waals surface area contributed by atoms with Crippen LogP contribution in [0.1, 0.15) is 5.56 Å². The average Bonchev–Trinajstić information content (AvgIpc) is 2.64. The summed E-state index contributed by atoms with van der Waals surface area (Å²) < 4.78 is 0.985. The molecule has 2 N–H and O–H groups in total. The molecule has 9 heteroatoms. The van der Waals surface area contributed by atoms with Crippen LogP contribution in [0.3, 0.4) is 0 Å². The van der Waals surface area contributed by atoms with Crippen molar-refractivity contribution in [3.63, 3.8) is 0 Å². The smallest absolute Gasteiger partial charge is 0.289 e. The number of nitro benzene ring substituents is 1. The van der Waals surface area contributed by atoms with Crippen molar-refractivity contribution in [3.8, 4) is 6.07 Å². The number of carbonyl (C=O) groups is 1. The molecule has 0 heterocycles. The predicted molar refractivity (Wildman–Crippen MR) is 106 cm³/mol. The highest BCUT2D eigenvalue weighted by molar-refractivity contribution is 9.10. The number of nitriles is 1. The van der Waals surface area contributed by atoms with E-state index in [1.54, 1.807) is 6.07 Å². The molecule has 0 saturated heterocycles. The van der Waals surface area contributed by atoms with Gasteiger partial charge >= 0.3 is 0 Å². The lowest BCUT2D eigenvalue weighted by Gasteiger charge is -2.06. The van der Waals surface area contributed by atoms with Gasteiger partial charge in [-0.05, 0) is 30.2 Å². The summed E-state index contributed by atoms with van der Waals surface area (Å²) in [5.41, 5.74) is 0.781. The number of nitrogens with one attached hydrogen (secondary N) is 2. The van der Waals surface area contributed by atoms with E-state index >= 15 is 0 Å². The van der Waals surface area contributed by atoms with Gasteiger partial charge in [-0.25, -0.2) is 0 Å². The first kappa shape index (κ1) is 20.4. The molecule has 0 aliphatic heterocycles. The number of hydrogen-bond donors (Lipinski definition) is 2. The number of hydrogen-bond acceptors (Lipinski definition) is 5. The Balaban J connectivity index is 1.98. The molecule has 0 aliphatic carbocycles. The molecule has 27 heavy (non-hydrogen) atoms. The van der Waals surface area contributed by atoms with Gasteiger partial charge < -0.3 is 10.6 Å². The van der Waals surface area contributed by atoms with Crippen molar-refractivity contribution in [2.45, 2.75) is 6.42 Å². The zero-order valence-corrected chi connectivity index (χ0v) is 16.3. The van der Waals surface area contributed by atoms with E-state index in [9.17, 15) is 14.9 Å². The van der Waals surface area contributed by atoms with Crippen LogP contribution in [0.15, 0.2) is 58.7 Å². The predicted octanol–water partition coefficient (Wildman–Crippen LogP) is 4.19. The minimum absolute atomic E-state index is 0.0391. The summed E-state index contributed by atoms with van der Waals surface area (Å²) in [4.78, 5) is 22.4. The summed E-state index contributed by atoms with van der Waals surface area (Å²) in [6, 6.07) is 13.4. The second-order valence-electron chi connectivity index (χ2n) is 5.34. The summed E-state index contributed by atoms with van der Waals surface area (Å²) in [5, 5.41) is 25.4. The molecule has 0 atom stereocenters. The molecule has 0 fully saturated rings. The van der Waals surface area contributed by atoms with E-state index in [0.717, 1.165) is 16.1 Å². The highest BCUT2D eigenvalue weighted by Gasteiger charge is 2.15. The molecule has 138 valence electrons. The Hall–Kier alpha value is -2.89. The van der Waals surface area contributed by atoms with Crippen molar-refractivity contribution in [1.82, 2.24) is 5.32 Å². The second-order valence-corrected chi connectivity index (χ2v) is 6.60. The average molecular weight is 450 g/mol. The van der Waals surface area contributed by atoms with Crippen LogP contribution in [-0.2, 0) is 11.2 Å². The Morgan fingerprint density at radius 3 is 2.74 bits per heavy atom. The maximum Gasteiger partial charge on any atom is 0.289 e. The number of amides is 1. The van der Waals surface area contributed by atoms with Crippen LogP contribution in [-0.4, -0.2) is 17.4 Å². The highest BCUT2D eigenvalue weighted by atomic mass is 79.9. The Kier molecular flexibility index (Phi) is 7.34. The van der Waals surface area contributed by atoms with Crippen LogP contribution in [0.2, 0.25) is 5.02 Å². The third-order valence-corrected chi connectivity index (χ3v) is 4.60. The van der Waals surface area contributed by atoms with Crippen LogP contribution in [0, 0.1) is 21.4 Å². The molecule has 0 aliphatic rings. The quantitative estimate of drug-likeness (QED) is 0.217. The summed E-state index contributed by atoms with van der Waals surface area (Å²) in [7, 11) is 0. The second kappa shape index (κ2) is 9.71. The van der Waals surface area contributed by atoms with Gasteiger partial charge in [-0.1, -0.05) is 45.7 Å². The van der Waals surface area contributed by atoms with Gasteiger partial charge in [-0.3, -0.25) is 14.9 Å². The third kappa shape index (κ3) is 5.81. The van der Waals surface area contributed by atoms with Crippen molar-refractivity contribution in [3.05, 3.63) is 79.4 Å². The number of nitrogens with zero attached hydrogens (tertiary/aromatic N) is 2. The minimum atomic E-state index is -0.678. The first-order chi connectivity index (χ1) is 12.9. The van der Waals surface area contributed by atoms with Crippen LogP contribution >= 0.6 is 27.5 Å². The maximum atomic E-state index is 12.2. The van der Waals surface area contributed by atoms with Crippen molar-refractivity contribution in [2.75, 3.05) is 11.9 Å². The standard InChI is InChI=1S/C18H14BrClN4O3/c19-15-4-2-1-3-12(15)7-8-22-11-13(10-21)18(25)23-14-5-6-16(20)17(9-14)24(26)27/h1-6,9,11,22H,7-8H2,(H,23,25)/b13-11-. The van der Waals surface area contributed by atoms with Crippen molar-refractivity contribution in [1.29, 1.82) is 5.26 Å². The van der Waals surface area contributed by atoms with E-state index < -0.39 is 10.8 Å². The molecule has 0 unspecified atom stereocenters. The largest absolute Gasteiger partial charge is 0.389 e. The lowest BCUT2D eigenvalue weighted by molar-refractivity contribution is -0.384. The molecule has 0 bridgehead atoms. The van der Waals surface area contributed by atoms with Crippen LogP contribution < -0.4 is 10.6 Å². The minimum Gasteiger partial charge on any atom is -0.389 e. The Bertz CT molecular complexity index is 940. The molecule has 7 nitrogen and oxygen atoms in total. The fourth-order valence-electron chi connectivity index (χ4n) is 2.16. The highest BCUT2D eigenvalue weighted by Crippen LogP contribution is 2.27. The number of rotatable bonds is 7. The zero-order valence-electron chi connectivity index (χ0n) is 13.9. The third-order valence-electron chi connectivity index (χ3n) is 3.51. The van der Waals surface area contributed by atoms with Gasteiger partial charge in [0.1, 0.15) is 16.7 Å². The lowest BCUT2D eigenvalue weighted by atomic mass is 10.1. The molecule has 0 spiro atoms. The molecule has 0 radical (unpaired) electrons. The number of anilines is 1. The van der Waals surface area contributed by atoms with Gasteiger partial charge in [0.15, 0.2) is 0 Å². The van der Waals surface area contributed by atoms with Gasteiger partial charge in [-0.2, -0.15) is 5.26 Å². The molecular formula is C18H14BrClN4O3. The number of halogens is 2. The van der Waals surface area contributed by atoms with Crippen LogP contribution in [0.25, 0.3) is 0 Å². The van der Waals surface area contributed by atoms with E-state index in [0.29, 0.717) is 13.0 Å². The normalized spacial score (nSPS) is 10.8. The maximum absolute atomic E-state index is 12.2. The topological polar surface area (TPSA) is 108 Å². The summed E-state index contributed by atoms with van der Waals surface area (Å²) >= 11 is 9.19. The molecular weight excluding hydrogens is 436 g/mol. The van der Waals surface area contributed by atoms with Crippen LogP contribution in [0.4, 0.5) is 11.4 Å². The molecule has 2 aromatic rings.